The van der Waals surface area contributed by atoms with Gasteiger partial charge in [0.25, 0.3) is 0 Å². The molecule has 6 aliphatic rings. The third-order valence-electron chi connectivity index (χ3n) is 18.2. The van der Waals surface area contributed by atoms with E-state index in [1.165, 1.54) is 111 Å². The summed E-state index contributed by atoms with van der Waals surface area (Å²) in [5.41, 5.74) is 0. The Labute approximate surface area is 653 Å². The summed E-state index contributed by atoms with van der Waals surface area (Å²) in [6, 6.07) is 0. The Morgan fingerprint density at radius 3 is 0.865 bits per heavy atom. The zero-order valence-electron chi connectivity index (χ0n) is 66.5. The predicted octanol–water partition coefficient (Wildman–Crippen LogP) is 5.08. The smallest absolute Gasteiger partial charge is 0.469 e. The zero-order valence-corrected chi connectivity index (χ0v) is 68.2. The first kappa shape index (κ1) is 102. The topological polar surface area (TPSA) is 477 Å². The van der Waals surface area contributed by atoms with Gasteiger partial charge in [0.2, 0.25) is 35.4 Å². The number of rotatable bonds is 46. The van der Waals surface area contributed by atoms with Gasteiger partial charge in [0, 0.05) is 131 Å². The average Bonchev–Trinajstić information content (AvgIpc) is 1.76. The molecule has 111 heavy (non-hydrogen) atoms. The molecule has 6 saturated heterocycles. The number of carbonyl (C=O) groups excluding carboxylic acids is 12. The number of amides is 6. The van der Waals surface area contributed by atoms with Crippen molar-refractivity contribution in [2.24, 2.45) is 35.5 Å². The highest BCUT2D eigenvalue weighted by Gasteiger charge is 2.40. The van der Waals surface area contributed by atoms with Crippen molar-refractivity contribution in [2.75, 3.05) is 152 Å². The molecule has 38 heteroatoms. The summed E-state index contributed by atoms with van der Waals surface area (Å²) in [5, 5.41) is 17.1. The highest BCUT2D eigenvalue weighted by Crippen LogP contribution is 2.35. The number of phosphoric ester groups is 1. The van der Waals surface area contributed by atoms with E-state index >= 15 is 0 Å². The van der Waals surface area contributed by atoms with Crippen molar-refractivity contribution in [3.05, 3.63) is 0 Å². The second kappa shape index (κ2) is 58.8. The van der Waals surface area contributed by atoms with Crippen LogP contribution in [0.3, 0.4) is 0 Å². The first-order valence-electron chi connectivity index (χ1n) is 39.1. The summed E-state index contributed by atoms with van der Waals surface area (Å²) in [6.07, 6.45) is 23.2. The molecule has 0 saturated carbocycles. The SMILES string of the molecule is CCCCCCCCCCCCCCCCCCN1CC(C(=O)OCC)CC1=O.CCOC(=O)C1CC(=O)N(CCC(=O)O)C1.CCOC(=O)C1CC(=O)N(CCCO)C1.CCOC(=O)C1CC(=O)N(CCOC)C1.CCOC(=O)C1CC(=O)N(CCOP(=O)(O)O)C1.CCOC(=O)C1CC(=O)N(CCOS(=O)(=O)O)C1. The van der Waals surface area contributed by atoms with Crippen LogP contribution >= 0.6 is 7.82 Å². The number of aliphatic hydroxyl groups is 1. The van der Waals surface area contributed by atoms with Gasteiger partial charge >= 0.3 is 60.0 Å². The maximum absolute atomic E-state index is 12.0. The summed E-state index contributed by atoms with van der Waals surface area (Å²) in [4.78, 5) is 174. The molecule has 0 spiro atoms. The number of carboxylic acids is 1. The number of hydrogen-bond donors (Lipinski definition) is 5. The molecule has 0 radical (unpaired) electrons. The first-order valence-corrected chi connectivity index (χ1v) is 42.0. The fourth-order valence-electron chi connectivity index (χ4n) is 12.5. The number of likely N-dealkylation sites (tertiary alicyclic amines) is 6. The van der Waals surface area contributed by atoms with E-state index in [1.807, 2.05) is 11.8 Å². The molecule has 0 aliphatic carbocycles. The van der Waals surface area contributed by atoms with Crippen molar-refractivity contribution in [3.63, 3.8) is 0 Å². The number of esters is 6. The maximum Gasteiger partial charge on any atom is 0.469 e. The summed E-state index contributed by atoms with van der Waals surface area (Å²) < 4.78 is 81.8. The van der Waals surface area contributed by atoms with E-state index in [9.17, 15) is 75.3 Å². The van der Waals surface area contributed by atoms with E-state index < -0.39 is 53.9 Å². The third kappa shape index (κ3) is 45.5. The van der Waals surface area contributed by atoms with Crippen LogP contribution < -0.4 is 0 Å². The molecular weight excluding hydrogens is 1500 g/mol. The van der Waals surface area contributed by atoms with E-state index in [4.69, 9.17) is 57.7 Å². The molecule has 6 aliphatic heterocycles. The number of aliphatic carboxylic acids is 1. The van der Waals surface area contributed by atoms with Gasteiger partial charge in [-0.15, -0.1) is 0 Å². The lowest BCUT2D eigenvalue weighted by Crippen LogP contribution is -2.30. The monoisotopic (exact) mass is 1630 g/mol. The Balaban J connectivity index is 0.000000678. The van der Waals surface area contributed by atoms with Gasteiger partial charge in [0.1, 0.15) is 0 Å². The van der Waals surface area contributed by atoms with Gasteiger partial charge in [-0.2, -0.15) is 8.42 Å². The minimum Gasteiger partial charge on any atom is -0.481 e. The van der Waals surface area contributed by atoms with Crippen molar-refractivity contribution < 1.29 is 142 Å². The van der Waals surface area contributed by atoms with Crippen LogP contribution in [0.2, 0.25) is 0 Å². The van der Waals surface area contributed by atoms with Gasteiger partial charge in [-0.25, -0.2) is 8.75 Å². The number of methoxy groups -OCH3 is 1. The van der Waals surface area contributed by atoms with E-state index in [0.717, 1.165) is 13.0 Å². The number of carboxylic acid groups (broad SMARTS) is 1. The molecule has 6 amide bonds. The summed E-state index contributed by atoms with van der Waals surface area (Å²) >= 11 is 0. The Bertz CT molecular complexity index is 2950. The lowest BCUT2D eigenvalue weighted by atomic mass is 10.0. The van der Waals surface area contributed by atoms with Gasteiger partial charge in [0.15, 0.2) is 0 Å². The van der Waals surface area contributed by atoms with Crippen LogP contribution in [0.4, 0.5) is 0 Å². The zero-order chi connectivity index (χ0) is 83.3. The number of unbranched alkanes of at least 4 members (excludes halogenated alkanes) is 15. The van der Waals surface area contributed by atoms with Crippen LogP contribution in [-0.4, -0.2) is 291 Å². The molecule has 6 fully saturated rings. The van der Waals surface area contributed by atoms with Crippen molar-refractivity contribution in [1.29, 1.82) is 0 Å². The van der Waals surface area contributed by atoms with Crippen LogP contribution in [0, 0.1) is 35.5 Å². The van der Waals surface area contributed by atoms with Crippen molar-refractivity contribution >= 4 is 95.4 Å². The van der Waals surface area contributed by atoms with Gasteiger partial charge < -0.3 is 82.6 Å². The lowest BCUT2D eigenvalue weighted by molar-refractivity contribution is -0.148. The lowest BCUT2D eigenvalue weighted by Gasteiger charge is -2.16. The van der Waals surface area contributed by atoms with Crippen molar-refractivity contribution in [2.45, 2.75) is 203 Å². The van der Waals surface area contributed by atoms with Crippen LogP contribution in [0.25, 0.3) is 0 Å². The summed E-state index contributed by atoms with van der Waals surface area (Å²) in [5.74, 6) is -5.93. The molecule has 6 atom stereocenters. The van der Waals surface area contributed by atoms with Gasteiger partial charge in [-0.05, 0) is 54.4 Å². The second-order valence-electron chi connectivity index (χ2n) is 27.0. The molecule has 0 aromatic heterocycles. The molecule has 640 valence electrons. The van der Waals surface area contributed by atoms with E-state index in [2.05, 4.69) is 15.6 Å². The normalized spacial score (nSPS) is 19.4. The fraction of sp³-hybridized carbons (Fsp3) is 0.822. The number of aliphatic hydroxyl groups excluding tert-OH is 1. The Morgan fingerprint density at radius 1 is 0.378 bits per heavy atom. The molecule has 6 unspecified atom stereocenters. The van der Waals surface area contributed by atoms with Crippen molar-refractivity contribution in [3.8, 4) is 0 Å². The highest BCUT2D eigenvalue weighted by molar-refractivity contribution is 7.80. The minimum absolute atomic E-state index is 0.00473. The predicted molar refractivity (Wildman–Crippen MR) is 399 cm³/mol. The largest absolute Gasteiger partial charge is 0.481 e. The molecular formula is C73H127N6O30PS. The van der Waals surface area contributed by atoms with Crippen LogP contribution in [0.1, 0.15) is 203 Å². The third-order valence-corrected chi connectivity index (χ3v) is 19.2. The first-order chi connectivity index (χ1) is 52.8. The second-order valence-corrected chi connectivity index (χ2v) is 29.4. The molecule has 5 N–H and O–H groups in total. The van der Waals surface area contributed by atoms with Crippen LogP contribution in [0.5, 0.6) is 0 Å². The molecule has 6 heterocycles. The van der Waals surface area contributed by atoms with Gasteiger partial charge in [-0.1, -0.05) is 103 Å². The molecule has 0 aromatic carbocycles. The standard InChI is InChI=1S/C25H47NO3.C10H15NO5.2C10H17NO4.C9H16NO7P.C9H15NO7S/c1-3-5-6-7-8-9-10-11-12-13-14-15-16-17-18-19-20-26-22-23(21-24(26)27)25(28)29-4-2;1-2-16-10(15)7-5-8(12)11(6-7)4-3-9(13)14;1-3-15-10(13)8-6-9(12)11(7-8)4-5-14-2;1-2-15-10(14)8-6-9(13)11(7-8)4-3-5-12;2*1-2-16-9(12)7-5-8(11)10(6-7)3-4-17-18(13,14)15/h23H,3-22H2,1-2H3;7H,2-6H2,1H3,(H,13,14);8H,3-7H2,1-2H3;8,12H,2-7H2,1H3;7H,2-6H2,1H3,(H2,13,14,15);7H,2-6H2,1H3,(H,13,14,15). The number of phosphoric acid groups is 1. The van der Waals surface area contributed by atoms with E-state index in [0.29, 0.717) is 78.6 Å². The van der Waals surface area contributed by atoms with E-state index in [1.54, 1.807) is 51.5 Å². The highest BCUT2D eigenvalue weighted by atomic mass is 32.3. The Morgan fingerprint density at radius 2 is 0.622 bits per heavy atom. The molecule has 36 nitrogen and oxygen atoms in total. The van der Waals surface area contributed by atoms with Crippen LogP contribution in [0.15, 0.2) is 0 Å². The Hall–Kier alpha value is -6.99. The summed E-state index contributed by atoms with van der Waals surface area (Å²) in [6.45, 7) is 18.6. The molecule has 0 bridgehead atoms. The average molecular weight is 1630 g/mol. The van der Waals surface area contributed by atoms with Crippen LogP contribution in [-0.2, 0) is 119 Å². The summed E-state index contributed by atoms with van der Waals surface area (Å²) in [7, 11) is -7.43. The number of nitrogens with zero attached hydrogens (tertiary/aromatic N) is 6. The Kier molecular flexibility index (Phi) is 54.0. The number of ether oxygens (including phenoxy) is 7. The van der Waals surface area contributed by atoms with Gasteiger partial charge in [0.05, 0.1) is 101 Å². The number of carbonyl (C=O) groups is 13. The van der Waals surface area contributed by atoms with Gasteiger partial charge in [-0.3, -0.25) is 71.4 Å². The maximum atomic E-state index is 12.0. The fourth-order valence-corrected chi connectivity index (χ4v) is 13.1. The van der Waals surface area contributed by atoms with E-state index in [-0.39, 0.29) is 188 Å². The minimum atomic E-state index is -4.52. The van der Waals surface area contributed by atoms with Crippen molar-refractivity contribution in [1.82, 2.24) is 29.4 Å². The molecule has 6 rings (SSSR count). The number of hydrogen-bond acceptors (Lipinski definition) is 26. The quantitative estimate of drug-likeness (QED) is 0.0174. The molecule has 0 aromatic rings.